The largest absolute Gasteiger partial charge is 0.393 e. The van der Waals surface area contributed by atoms with Crippen molar-refractivity contribution in [3.8, 4) is 10.6 Å². The van der Waals surface area contributed by atoms with Crippen molar-refractivity contribution >= 4 is 28.8 Å². The third-order valence-corrected chi connectivity index (χ3v) is 5.13. The molecule has 1 aliphatic heterocycles. The third-order valence-electron chi connectivity index (χ3n) is 3.99. The minimum absolute atomic E-state index is 0.0698. The van der Waals surface area contributed by atoms with Crippen LogP contribution in [0.4, 0.5) is 13.2 Å². The van der Waals surface area contributed by atoms with E-state index in [9.17, 15) is 18.0 Å². The van der Waals surface area contributed by atoms with Crippen LogP contribution < -0.4 is 0 Å². The first-order valence-electron chi connectivity index (χ1n) is 7.42. The second-order valence-corrected chi connectivity index (χ2v) is 6.97. The zero-order valence-corrected chi connectivity index (χ0v) is 14.1. The Hall–Kier alpha value is -1.60. The third kappa shape index (κ3) is 3.72. The molecule has 1 amide bonds. The molecule has 1 aromatic carbocycles. The molecular weight excluding hydrogens is 361 g/mol. The Morgan fingerprint density at radius 3 is 2.67 bits per heavy atom. The van der Waals surface area contributed by atoms with Gasteiger partial charge in [0.1, 0.15) is 10.7 Å². The summed E-state index contributed by atoms with van der Waals surface area (Å²) in [6.45, 7) is 0.0371. The maximum absolute atomic E-state index is 12.9. The van der Waals surface area contributed by atoms with Gasteiger partial charge in [0.05, 0.1) is 5.92 Å². The molecular formula is C16H14ClF3N2OS. The number of halogens is 4. The molecule has 1 unspecified atom stereocenters. The van der Waals surface area contributed by atoms with Gasteiger partial charge in [0, 0.05) is 29.1 Å². The van der Waals surface area contributed by atoms with E-state index in [0.29, 0.717) is 23.0 Å². The van der Waals surface area contributed by atoms with Gasteiger partial charge in [-0.25, -0.2) is 4.98 Å². The Morgan fingerprint density at radius 1 is 1.29 bits per heavy atom. The number of amides is 1. The maximum atomic E-state index is 12.9. The molecule has 0 aliphatic carbocycles. The number of aromatic nitrogens is 1. The summed E-state index contributed by atoms with van der Waals surface area (Å²) in [5.41, 5.74) is 1.00. The predicted molar refractivity (Wildman–Crippen MR) is 87.2 cm³/mol. The molecule has 0 bridgehead atoms. The van der Waals surface area contributed by atoms with Crippen LogP contribution in [0.5, 0.6) is 0 Å². The number of thiazole rings is 1. The zero-order valence-electron chi connectivity index (χ0n) is 12.5. The molecule has 1 aliphatic rings. The molecule has 0 spiro atoms. The van der Waals surface area contributed by atoms with E-state index >= 15 is 0 Å². The van der Waals surface area contributed by atoms with Crippen LogP contribution in [0.15, 0.2) is 29.6 Å². The van der Waals surface area contributed by atoms with Crippen molar-refractivity contribution in [3.63, 3.8) is 0 Å². The summed E-state index contributed by atoms with van der Waals surface area (Å²) in [7, 11) is 0. The molecule has 0 radical (unpaired) electrons. The van der Waals surface area contributed by atoms with Crippen LogP contribution in [0.25, 0.3) is 10.6 Å². The van der Waals surface area contributed by atoms with Crippen molar-refractivity contribution in [1.82, 2.24) is 9.88 Å². The van der Waals surface area contributed by atoms with Gasteiger partial charge in [-0.05, 0) is 25.0 Å². The SMILES string of the molecule is O=C(c1csc(-c2ccc(Cl)cc2)n1)N1CCCC(C(F)(F)F)C1. The molecule has 24 heavy (non-hydrogen) atoms. The van der Waals surface area contributed by atoms with Crippen LogP contribution in [0.3, 0.4) is 0 Å². The standard InChI is InChI=1S/C16H14ClF3N2OS/c17-12-5-3-10(4-6-12)14-21-13(9-24-14)15(23)22-7-1-2-11(8-22)16(18,19)20/h3-6,9,11H,1-2,7-8H2. The number of alkyl halides is 3. The van der Waals surface area contributed by atoms with Crippen LogP contribution in [0.1, 0.15) is 23.3 Å². The topological polar surface area (TPSA) is 33.2 Å². The molecule has 1 fully saturated rings. The van der Waals surface area contributed by atoms with Crippen LogP contribution in [-0.4, -0.2) is 35.1 Å². The average Bonchev–Trinajstić information content (AvgIpc) is 3.04. The highest BCUT2D eigenvalue weighted by atomic mass is 35.5. The van der Waals surface area contributed by atoms with Crippen LogP contribution in [0, 0.1) is 5.92 Å². The minimum atomic E-state index is -4.27. The van der Waals surface area contributed by atoms with E-state index in [1.807, 2.05) is 0 Å². The Kier molecular flexibility index (Phi) is 4.83. The molecule has 3 nitrogen and oxygen atoms in total. The summed E-state index contributed by atoms with van der Waals surface area (Å²) in [5, 5.41) is 2.82. The highest BCUT2D eigenvalue weighted by molar-refractivity contribution is 7.13. The number of rotatable bonds is 2. The number of benzene rings is 1. The van der Waals surface area contributed by atoms with E-state index in [4.69, 9.17) is 11.6 Å². The Bertz CT molecular complexity index is 730. The smallest absolute Gasteiger partial charge is 0.337 e. The molecule has 0 saturated carbocycles. The van der Waals surface area contributed by atoms with Crippen molar-refractivity contribution < 1.29 is 18.0 Å². The summed E-state index contributed by atoms with van der Waals surface area (Å²) in [6.07, 6.45) is -3.85. The van der Waals surface area contributed by atoms with E-state index in [2.05, 4.69) is 4.98 Å². The summed E-state index contributed by atoms with van der Waals surface area (Å²) < 4.78 is 38.6. The Morgan fingerprint density at radius 2 is 2.00 bits per heavy atom. The fourth-order valence-corrected chi connectivity index (χ4v) is 3.61. The van der Waals surface area contributed by atoms with Gasteiger partial charge in [-0.15, -0.1) is 11.3 Å². The highest BCUT2D eigenvalue weighted by Gasteiger charge is 2.43. The number of carbonyl (C=O) groups excluding carboxylic acids is 1. The molecule has 8 heteroatoms. The second-order valence-electron chi connectivity index (χ2n) is 5.68. The number of nitrogens with zero attached hydrogens (tertiary/aromatic N) is 2. The lowest BCUT2D eigenvalue weighted by Crippen LogP contribution is -2.44. The van der Waals surface area contributed by atoms with E-state index < -0.39 is 18.0 Å². The lowest BCUT2D eigenvalue weighted by molar-refractivity contribution is -0.184. The summed E-state index contributed by atoms with van der Waals surface area (Å²) in [4.78, 5) is 18.0. The van der Waals surface area contributed by atoms with E-state index in [-0.39, 0.29) is 18.7 Å². The molecule has 128 valence electrons. The molecule has 2 heterocycles. The molecule has 3 rings (SSSR count). The molecule has 1 atom stereocenters. The van der Waals surface area contributed by atoms with Crippen molar-refractivity contribution in [2.75, 3.05) is 13.1 Å². The first kappa shape index (κ1) is 17.2. The van der Waals surface area contributed by atoms with Crippen LogP contribution >= 0.6 is 22.9 Å². The van der Waals surface area contributed by atoms with Crippen molar-refractivity contribution in [1.29, 1.82) is 0 Å². The highest BCUT2D eigenvalue weighted by Crippen LogP contribution is 2.34. The first-order valence-corrected chi connectivity index (χ1v) is 8.68. The average molecular weight is 375 g/mol. The van der Waals surface area contributed by atoms with Crippen LogP contribution in [-0.2, 0) is 0 Å². The van der Waals surface area contributed by atoms with Gasteiger partial charge < -0.3 is 4.90 Å². The fraction of sp³-hybridized carbons (Fsp3) is 0.375. The van der Waals surface area contributed by atoms with Gasteiger partial charge in [0.25, 0.3) is 5.91 Å². The lowest BCUT2D eigenvalue weighted by atomic mass is 9.97. The van der Waals surface area contributed by atoms with E-state index in [0.717, 1.165) is 5.56 Å². The van der Waals surface area contributed by atoms with E-state index in [1.54, 1.807) is 29.6 Å². The van der Waals surface area contributed by atoms with Gasteiger partial charge in [-0.1, -0.05) is 23.7 Å². The molecule has 1 aromatic heterocycles. The maximum Gasteiger partial charge on any atom is 0.393 e. The normalized spacial score (nSPS) is 18.7. The monoisotopic (exact) mass is 374 g/mol. The predicted octanol–water partition coefficient (Wildman–Crippen LogP) is 4.88. The lowest BCUT2D eigenvalue weighted by Gasteiger charge is -2.33. The number of likely N-dealkylation sites (tertiary alicyclic amines) is 1. The van der Waals surface area contributed by atoms with Gasteiger partial charge in [-0.2, -0.15) is 13.2 Å². The van der Waals surface area contributed by atoms with Crippen LogP contribution in [0.2, 0.25) is 5.02 Å². The van der Waals surface area contributed by atoms with Crippen molar-refractivity contribution in [2.45, 2.75) is 19.0 Å². The fourth-order valence-electron chi connectivity index (χ4n) is 2.69. The van der Waals surface area contributed by atoms with Gasteiger partial charge in [-0.3, -0.25) is 4.79 Å². The van der Waals surface area contributed by atoms with Gasteiger partial charge >= 0.3 is 6.18 Å². The van der Waals surface area contributed by atoms with Crippen molar-refractivity contribution in [3.05, 3.63) is 40.4 Å². The minimum Gasteiger partial charge on any atom is -0.337 e. The number of hydrogen-bond donors (Lipinski definition) is 0. The number of carbonyl (C=O) groups is 1. The summed E-state index contributed by atoms with van der Waals surface area (Å²) in [5.74, 6) is -1.90. The summed E-state index contributed by atoms with van der Waals surface area (Å²) in [6, 6.07) is 7.02. The Balaban J connectivity index is 1.75. The molecule has 1 saturated heterocycles. The number of hydrogen-bond acceptors (Lipinski definition) is 3. The summed E-state index contributed by atoms with van der Waals surface area (Å²) >= 11 is 7.12. The molecule has 0 N–H and O–H groups in total. The van der Waals surface area contributed by atoms with E-state index in [1.165, 1.54) is 16.2 Å². The zero-order chi connectivity index (χ0) is 17.3. The van der Waals surface area contributed by atoms with Crippen molar-refractivity contribution in [2.24, 2.45) is 5.92 Å². The quantitative estimate of drug-likeness (QED) is 0.750. The molecule has 2 aromatic rings. The first-order chi connectivity index (χ1) is 11.3. The second kappa shape index (κ2) is 6.72. The number of piperidine rings is 1. The van der Waals surface area contributed by atoms with Gasteiger partial charge in [0.15, 0.2) is 0 Å². The Labute approximate surface area is 146 Å². The van der Waals surface area contributed by atoms with Gasteiger partial charge in [0.2, 0.25) is 0 Å².